The van der Waals surface area contributed by atoms with Gasteiger partial charge in [0.15, 0.2) is 6.61 Å². The first kappa shape index (κ1) is 21.4. The lowest BCUT2D eigenvalue weighted by Crippen LogP contribution is -2.33. The van der Waals surface area contributed by atoms with Crippen molar-refractivity contribution >= 4 is 5.91 Å². The highest BCUT2D eigenvalue weighted by Crippen LogP contribution is 2.28. The van der Waals surface area contributed by atoms with E-state index in [4.69, 9.17) is 9.47 Å². The molecule has 0 aliphatic heterocycles. The second kappa shape index (κ2) is 9.97. The minimum Gasteiger partial charge on any atom is -0.497 e. The van der Waals surface area contributed by atoms with Crippen LogP contribution in [-0.2, 0) is 4.79 Å². The summed E-state index contributed by atoms with van der Waals surface area (Å²) < 4.78 is 11.2. The van der Waals surface area contributed by atoms with Gasteiger partial charge < -0.3 is 14.8 Å². The summed E-state index contributed by atoms with van der Waals surface area (Å²) in [6, 6.07) is 23.5. The number of carbonyl (C=O) groups is 1. The van der Waals surface area contributed by atoms with Crippen LogP contribution in [0.15, 0.2) is 72.8 Å². The summed E-state index contributed by atoms with van der Waals surface area (Å²) in [5, 5.41) is 3.12. The number of hydrogen-bond donors (Lipinski definition) is 1. The van der Waals surface area contributed by atoms with Gasteiger partial charge in [0.05, 0.1) is 13.2 Å². The highest BCUT2D eigenvalue weighted by molar-refractivity contribution is 5.78. The minimum atomic E-state index is -0.268. The zero-order valence-corrected chi connectivity index (χ0v) is 18.0. The fourth-order valence-corrected chi connectivity index (χ4v) is 3.39. The van der Waals surface area contributed by atoms with Crippen molar-refractivity contribution in [1.82, 2.24) is 5.32 Å². The third-order valence-corrected chi connectivity index (χ3v) is 5.04. The van der Waals surface area contributed by atoms with Crippen LogP contribution in [0, 0.1) is 6.92 Å². The van der Waals surface area contributed by atoms with Crippen molar-refractivity contribution in [3.63, 3.8) is 0 Å². The van der Waals surface area contributed by atoms with Crippen LogP contribution in [0.3, 0.4) is 0 Å². The van der Waals surface area contributed by atoms with E-state index in [9.17, 15) is 4.79 Å². The number of ether oxygens (including phenoxy) is 2. The van der Waals surface area contributed by atoms with Crippen LogP contribution in [0.25, 0.3) is 0 Å². The molecule has 156 valence electrons. The summed E-state index contributed by atoms with van der Waals surface area (Å²) in [6.07, 6.45) is 0. The molecule has 4 heteroatoms. The molecule has 1 unspecified atom stereocenters. The van der Waals surface area contributed by atoms with Gasteiger partial charge in [0.1, 0.15) is 11.5 Å². The highest BCUT2D eigenvalue weighted by Gasteiger charge is 2.18. The SMILES string of the molecule is COc1ccc(C(NC(=O)COc2cc(C)ccc2C(C)C)c2ccccc2)cc1. The quantitative estimate of drug-likeness (QED) is 0.547. The maximum absolute atomic E-state index is 12.8. The summed E-state index contributed by atoms with van der Waals surface area (Å²) >= 11 is 0. The Morgan fingerprint density at radius 2 is 1.60 bits per heavy atom. The van der Waals surface area contributed by atoms with Gasteiger partial charge in [0.25, 0.3) is 5.91 Å². The second-order valence-electron chi connectivity index (χ2n) is 7.67. The molecule has 3 rings (SSSR count). The van der Waals surface area contributed by atoms with E-state index in [0.29, 0.717) is 5.92 Å². The molecule has 0 saturated carbocycles. The van der Waals surface area contributed by atoms with E-state index >= 15 is 0 Å². The van der Waals surface area contributed by atoms with Crippen LogP contribution in [0.1, 0.15) is 48.1 Å². The summed E-state index contributed by atoms with van der Waals surface area (Å²) in [5.74, 6) is 1.69. The minimum absolute atomic E-state index is 0.0390. The number of carbonyl (C=O) groups excluding carboxylic acids is 1. The molecule has 1 amide bonds. The maximum atomic E-state index is 12.8. The number of methoxy groups -OCH3 is 1. The number of aryl methyl sites for hydroxylation is 1. The lowest BCUT2D eigenvalue weighted by molar-refractivity contribution is -0.123. The summed E-state index contributed by atoms with van der Waals surface area (Å²) in [5.41, 5.74) is 4.20. The van der Waals surface area contributed by atoms with E-state index in [1.807, 2.05) is 67.6 Å². The van der Waals surface area contributed by atoms with Crippen LogP contribution in [0.5, 0.6) is 11.5 Å². The van der Waals surface area contributed by atoms with E-state index in [2.05, 4.69) is 31.3 Å². The normalized spacial score (nSPS) is 11.8. The molecule has 0 bridgehead atoms. The maximum Gasteiger partial charge on any atom is 0.258 e. The fourth-order valence-electron chi connectivity index (χ4n) is 3.39. The molecule has 3 aromatic carbocycles. The number of amides is 1. The molecule has 4 nitrogen and oxygen atoms in total. The van der Waals surface area contributed by atoms with Crippen LogP contribution in [0.2, 0.25) is 0 Å². The number of benzene rings is 3. The van der Waals surface area contributed by atoms with Gasteiger partial charge in [-0.15, -0.1) is 0 Å². The smallest absolute Gasteiger partial charge is 0.258 e. The van der Waals surface area contributed by atoms with Crippen molar-refractivity contribution in [3.8, 4) is 11.5 Å². The zero-order valence-electron chi connectivity index (χ0n) is 18.0. The summed E-state index contributed by atoms with van der Waals surface area (Å²) in [7, 11) is 1.64. The van der Waals surface area contributed by atoms with E-state index in [1.165, 1.54) is 0 Å². The lowest BCUT2D eigenvalue weighted by Gasteiger charge is -2.21. The van der Waals surface area contributed by atoms with Gasteiger partial charge in [-0.05, 0) is 53.3 Å². The average molecular weight is 404 g/mol. The van der Waals surface area contributed by atoms with Gasteiger partial charge in [-0.25, -0.2) is 0 Å². The molecular formula is C26H29NO3. The highest BCUT2D eigenvalue weighted by atomic mass is 16.5. The monoisotopic (exact) mass is 403 g/mol. The molecule has 0 saturated heterocycles. The largest absolute Gasteiger partial charge is 0.497 e. The van der Waals surface area contributed by atoms with Gasteiger partial charge in [0.2, 0.25) is 0 Å². The fraction of sp³-hybridized carbons (Fsp3) is 0.269. The molecule has 1 atom stereocenters. The molecule has 30 heavy (non-hydrogen) atoms. The van der Waals surface area contributed by atoms with Gasteiger partial charge in [0, 0.05) is 0 Å². The van der Waals surface area contributed by atoms with Gasteiger partial charge in [-0.2, -0.15) is 0 Å². The van der Waals surface area contributed by atoms with E-state index < -0.39 is 0 Å². The number of hydrogen-bond acceptors (Lipinski definition) is 3. The first-order valence-electron chi connectivity index (χ1n) is 10.2. The van der Waals surface area contributed by atoms with Gasteiger partial charge in [-0.3, -0.25) is 4.79 Å². The Labute approximate surface area is 178 Å². The predicted molar refractivity (Wildman–Crippen MR) is 120 cm³/mol. The molecule has 0 fully saturated rings. The van der Waals surface area contributed by atoms with Crippen LogP contribution >= 0.6 is 0 Å². The van der Waals surface area contributed by atoms with Crippen molar-refractivity contribution in [2.24, 2.45) is 0 Å². The topological polar surface area (TPSA) is 47.6 Å². The molecule has 0 aromatic heterocycles. The Hall–Kier alpha value is -3.27. The predicted octanol–water partition coefficient (Wildman–Crippen LogP) is 5.41. The van der Waals surface area contributed by atoms with E-state index in [-0.39, 0.29) is 18.6 Å². The van der Waals surface area contributed by atoms with Crippen LogP contribution < -0.4 is 14.8 Å². The van der Waals surface area contributed by atoms with Crippen molar-refractivity contribution in [2.75, 3.05) is 13.7 Å². The molecular weight excluding hydrogens is 374 g/mol. The first-order valence-corrected chi connectivity index (χ1v) is 10.2. The molecule has 0 spiro atoms. The Morgan fingerprint density at radius 3 is 2.23 bits per heavy atom. The molecule has 3 aromatic rings. The Balaban J connectivity index is 1.76. The zero-order chi connectivity index (χ0) is 21.5. The van der Waals surface area contributed by atoms with Crippen molar-refractivity contribution in [3.05, 3.63) is 95.1 Å². The van der Waals surface area contributed by atoms with E-state index in [1.54, 1.807) is 7.11 Å². The van der Waals surface area contributed by atoms with Crippen molar-refractivity contribution in [2.45, 2.75) is 32.7 Å². The van der Waals surface area contributed by atoms with Crippen molar-refractivity contribution < 1.29 is 14.3 Å². The Bertz CT molecular complexity index is 965. The average Bonchev–Trinajstić information content (AvgIpc) is 2.76. The Kier molecular flexibility index (Phi) is 7.12. The number of rotatable bonds is 8. The third-order valence-electron chi connectivity index (χ3n) is 5.04. The molecule has 0 radical (unpaired) electrons. The Morgan fingerprint density at radius 1 is 0.933 bits per heavy atom. The number of nitrogens with one attached hydrogen (secondary N) is 1. The molecule has 0 heterocycles. The van der Waals surface area contributed by atoms with E-state index in [0.717, 1.165) is 33.8 Å². The van der Waals surface area contributed by atoms with Crippen LogP contribution in [0.4, 0.5) is 0 Å². The third kappa shape index (κ3) is 5.41. The second-order valence-corrected chi connectivity index (χ2v) is 7.67. The van der Waals surface area contributed by atoms with Gasteiger partial charge >= 0.3 is 0 Å². The molecule has 0 aliphatic carbocycles. The first-order chi connectivity index (χ1) is 14.5. The molecule has 1 N–H and O–H groups in total. The lowest BCUT2D eigenvalue weighted by atomic mass is 9.98. The molecule has 0 aliphatic rings. The standard InChI is InChI=1S/C26H29NO3/c1-18(2)23-15-10-19(3)16-24(23)30-17-25(28)27-26(20-8-6-5-7-9-20)21-11-13-22(29-4)14-12-21/h5-16,18,26H,17H2,1-4H3,(H,27,28). The summed E-state index contributed by atoms with van der Waals surface area (Å²) in [4.78, 5) is 12.8. The summed E-state index contributed by atoms with van der Waals surface area (Å²) in [6.45, 7) is 6.22. The van der Waals surface area contributed by atoms with Crippen molar-refractivity contribution in [1.29, 1.82) is 0 Å². The van der Waals surface area contributed by atoms with Crippen LogP contribution in [-0.4, -0.2) is 19.6 Å². The van der Waals surface area contributed by atoms with Gasteiger partial charge in [-0.1, -0.05) is 68.4 Å².